The molecule has 5 rings (SSSR count). The lowest BCUT2D eigenvalue weighted by molar-refractivity contribution is -0.111. The van der Waals surface area contributed by atoms with Crippen LogP contribution in [0.5, 0.6) is 0 Å². The fourth-order valence-electron chi connectivity index (χ4n) is 4.99. The van der Waals surface area contributed by atoms with Crippen molar-refractivity contribution in [3.05, 3.63) is 62.6 Å². The topological polar surface area (TPSA) is 55.2 Å². The van der Waals surface area contributed by atoms with Crippen molar-refractivity contribution in [1.82, 2.24) is 9.55 Å². The third kappa shape index (κ3) is 2.92. The molecule has 0 saturated carbocycles. The van der Waals surface area contributed by atoms with E-state index in [-0.39, 0.29) is 17.4 Å². The maximum Gasteiger partial charge on any atom is 0.281 e. The number of piperidine rings is 1. The number of anilines is 1. The van der Waals surface area contributed by atoms with E-state index < -0.39 is 0 Å². The molecule has 0 N–H and O–H groups in total. The molecule has 1 atom stereocenters. The van der Waals surface area contributed by atoms with Crippen LogP contribution in [0.1, 0.15) is 44.0 Å². The molecule has 0 radical (unpaired) electrons. The molecule has 1 unspecified atom stereocenters. The van der Waals surface area contributed by atoms with Crippen molar-refractivity contribution >= 4 is 38.8 Å². The third-order valence-electron chi connectivity index (χ3n) is 6.52. The smallest absolute Gasteiger partial charge is 0.281 e. The second kappa shape index (κ2) is 7.34. The zero-order valence-electron chi connectivity index (χ0n) is 17.1. The number of benzene rings is 2. The first kappa shape index (κ1) is 19.5. The van der Waals surface area contributed by atoms with Crippen LogP contribution in [0.2, 0.25) is 0 Å². The van der Waals surface area contributed by atoms with Crippen molar-refractivity contribution in [2.75, 3.05) is 18.0 Å². The monoisotopic (exact) mass is 465 g/mol. The van der Waals surface area contributed by atoms with Crippen LogP contribution in [0.25, 0.3) is 16.6 Å². The Morgan fingerprint density at radius 1 is 1.17 bits per heavy atom. The van der Waals surface area contributed by atoms with E-state index in [2.05, 4.69) is 62.4 Å². The number of halogens is 1. The number of rotatable bonds is 3. The molecule has 1 aromatic heterocycles. The van der Waals surface area contributed by atoms with Crippen LogP contribution in [0, 0.1) is 11.8 Å². The van der Waals surface area contributed by atoms with Gasteiger partial charge in [-0.1, -0.05) is 19.9 Å². The van der Waals surface area contributed by atoms with E-state index in [9.17, 15) is 9.59 Å². The van der Waals surface area contributed by atoms with Crippen molar-refractivity contribution < 1.29 is 4.79 Å². The molecule has 0 aliphatic carbocycles. The molecule has 0 bridgehead atoms. The molecule has 3 heterocycles. The molecule has 2 aliphatic rings. The average Bonchev–Trinajstić information content (AvgIpc) is 3.07. The molecule has 154 valence electrons. The SMILES string of the molecule is CC(C)C1c2cc(N3CCC(C=O)CC3)ccc2-n2c1nc(=O)c1c(Br)cccc12. The molecule has 0 spiro atoms. The Morgan fingerprint density at radius 2 is 1.93 bits per heavy atom. The van der Waals surface area contributed by atoms with Gasteiger partial charge in [-0.3, -0.25) is 9.36 Å². The second-order valence-electron chi connectivity index (χ2n) is 8.67. The highest BCUT2D eigenvalue weighted by molar-refractivity contribution is 9.10. The van der Waals surface area contributed by atoms with Gasteiger partial charge >= 0.3 is 0 Å². The number of carbonyl (C=O) groups is 1. The van der Waals surface area contributed by atoms with Crippen LogP contribution in [0.4, 0.5) is 5.69 Å². The van der Waals surface area contributed by atoms with Crippen LogP contribution in [0.3, 0.4) is 0 Å². The summed E-state index contributed by atoms with van der Waals surface area (Å²) in [4.78, 5) is 30.9. The van der Waals surface area contributed by atoms with E-state index in [0.717, 1.165) is 53.7 Å². The molecular weight excluding hydrogens is 442 g/mol. The third-order valence-corrected chi connectivity index (χ3v) is 7.18. The maximum atomic E-state index is 12.9. The number of carbonyl (C=O) groups excluding carboxylic acids is 1. The van der Waals surface area contributed by atoms with E-state index in [1.165, 1.54) is 11.3 Å². The minimum absolute atomic E-state index is 0.0727. The molecular formula is C24H24BrN3O2. The van der Waals surface area contributed by atoms with Gasteiger partial charge in [-0.15, -0.1) is 0 Å². The van der Waals surface area contributed by atoms with Gasteiger partial charge in [-0.25, -0.2) is 0 Å². The molecule has 5 nitrogen and oxygen atoms in total. The van der Waals surface area contributed by atoms with E-state index in [1.54, 1.807) is 0 Å². The van der Waals surface area contributed by atoms with E-state index in [4.69, 9.17) is 0 Å². The number of aromatic nitrogens is 2. The number of hydrogen-bond donors (Lipinski definition) is 0. The number of hydrogen-bond acceptors (Lipinski definition) is 4. The van der Waals surface area contributed by atoms with Gasteiger partial charge in [0.2, 0.25) is 0 Å². The molecule has 1 saturated heterocycles. The molecule has 1 fully saturated rings. The van der Waals surface area contributed by atoms with Crippen LogP contribution >= 0.6 is 15.9 Å². The molecule has 3 aromatic rings. The zero-order chi connectivity index (χ0) is 21.0. The fraction of sp³-hybridized carbons (Fsp3) is 0.375. The van der Waals surface area contributed by atoms with Gasteiger partial charge in [0.05, 0.1) is 16.6 Å². The number of nitrogens with zero attached hydrogens (tertiary/aromatic N) is 3. The average molecular weight is 466 g/mol. The van der Waals surface area contributed by atoms with E-state index in [1.807, 2.05) is 18.2 Å². The summed E-state index contributed by atoms with van der Waals surface area (Å²) in [5.74, 6) is 1.39. The lowest BCUT2D eigenvalue weighted by atomic mass is 9.88. The highest BCUT2D eigenvalue weighted by Gasteiger charge is 2.34. The van der Waals surface area contributed by atoms with Gasteiger partial charge in [0.25, 0.3) is 5.56 Å². The van der Waals surface area contributed by atoms with Crippen LogP contribution in [-0.4, -0.2) is 28.9 Å². The standard InChI is InChI=1S/C24H24BrN3O2/c1-14(2)21-17-12-16(27-10-8-15(13-29)9-11-27)6-7-19(17)28-20-5-3-4-18(25)22(20)24(30)26-23(21)28/h3-7,12-15,21H,8-11H2,1-2H3. The first-order chi connectivity index (χ1) is 14.5. The van der Waals surface area contributed by atoms with Gasteiger partial charge in [-0.05, 0) is 70.6 Å². The quantitative estimate of drug-likeness (QED) is 0.527. The van der Waals surface area contributed by atoms with Gasteiger partial charge in [0, 0.05) is 35.1 Å². The highest BCUT2D eigenvalue weighted by Crippen LogP contribution is 2.44. The van der Waals surface area contributed by atoms with Gasteiger partial charge < -0.3 is 9.69 Å². The Kier molecular flexibility index (Phi) is 4.77. The Hall–Kier alpha value is -2.47. The summed E-state index contributed by atoms with van der Waals surface area (Å²) in [6, 6.07) is 12.4. The van der Waals surface area contributed by atoms with Crippen molar-refractivity contribution in [2.24, 2.45) is 11.8 Å². The van der Waals surface area contributed by atoms with Crippen molar-refractivity contribution in [3.8, 4) is 5.69 Å². The highest BCUT2D eigenvalue weighted by atomic mass is 79.9. The van der Waals surface area contributed by atoms with Gasteiger partial charge in [0.1, 0.15) is 12.1 Å². The molecule has 30 heavy (non-hydrogen) atoms. The van der Waals surface area contributed by atoms with E-state index >= 15 is 0 Å². The first-order valence-electron chi connectivity index (χ1n) is 10.6. The number of fused-ring (bicyclic) bond motifs is 5. The minimum Gasteiger partial charge on any atom is -0.371 e. The van der Waals surface area contributed by atoms with Crippen LogP contribution in [0.15, 0.2) is 45.7 Å². The zero-order valence-corrected chi connectivity index (χ0v) is 18.7. The maximum absolute atomic E-state index is 12.9. The number of aldehydes is 1. The predicted molar refractivity (Wildman–Crippen MR) is 123 cm³/mol. The Bertz CT molecular complexity index is 1210. The fourth-order valence-corrected chi connectivity index (χ4v) is 5.51. The molecule has 2 aliphatic heterocycles. The Labute approximate surface area is 183 Å². The molecule has 0 amide bonds. The molecule has 6 heteroatoms. The van der Waals surface area contributed by atoms with Gasteiger partial charge in [-0.2, -0.15) is 4.98 Å². The summed E-state index contributed by atoms with van der Waals surface area (Å²) in [5.41, 5.74) is 4.22. The lowest BCUT2D eigenvalue weighted by Crippen LogP contribution is -2.34. The van der Waals surface area contributed by atoms with Crippen LogP contribution < -0.4 is 10.5 Å². The lowest BCUT2D eigenvalue weighted by Gasteiger charge is -2.32. The summed E-state index contributed by atoms with van der Waals surface area (Å²) in [6.07, 6.45) is 2.91. The summed E-state index contributed by atoms with van der Waals surface area (Å²) in [7, 11) is 0. The summed E-state index contributed by atoms with van der Waals surface area (Å²) < 4.78 is 2.93. The molecule has 2 aromatic carbocycles. The largest absolute Gasteiger partial charge is 0.371 e. The Morgan fingerprint density at radius 3 is 2.63 bits per heavy atom. The summed E-state index contributed by atoms with van der Waals surface area (Å²) in [5, 5.41) is 0.622. The predicted octanol–water partition coefficient (Wildman–Crippen LogP) is 4.66. The second-order valence-corrected chi connectivity index (χ2v) is 9.52. The van der Waals surface area contributed by atoms with Crippen LogP contribution in [-0.2, 0) is 4.79 Å². The minimum atomic E-state index is -0.182. The summed E-state index contributed by atoms with van der Waals surface area (Å²) in [6.45, 7) is 6.16. The normalized spacial score (nSPS) is 18.7. The Balaban J connectivity index is 1.67. The summed E-state index contributed by atoms with van der Waals surface area (Å²) >= 11 is 3.53. The van der Waals surface area contributed by atoms with E-state index in [0.29, 0.717) is 11.3 Å². The van der Waals surface area contributed by atoms with Crippen molar-refractivity contribution in [1.29, 1.82) is 0 Å². The van der Waals surface area contributed by atoms with Gasteiger partial charge in [0.15, 0.2) is 0 Å². The first-order valence-corrected chi connectivity index (χ1v) is 11.3. The van der Waals surface area contributed by atoms with Crippen molar-refractivity contribution in [3.63, 3.8) is 0 Å². The van der Waals surface area contributed by atoms with Crippen molar-refractivity contribution in [2.45, 2.75) is 32.6 Å².